The van der Waals surface area contributed by atoms with E-state index in [4.69, 9.17) is 9.47 Å². The molecule has 27 heavy (non-hydrogen) atoms. The number of carbonyl (C=O) groups is 2. The van der Waals surface area contributed by atoms with Crippen LogP contribution in [0.4, 0.5) is 0 Å². The Labute approximate surface area is 162 Å². The number of esters is 2. The summed E-state index contributed by atoms with van der Waals surface area (Å²) >= 11 is 1.25. The lowest BCUT2D eigenvalue weighted by Crippen LogP contribution is -2.29. The van der Waals surface area contributed by atoms with Crippen LogP contribution >= 0.6 is 11.8 Å². The summed E-state index contributed by atoms with van der Waals surface area (Å²) in [5.41, 5.74) is 2.40. The zero-order chi connectivity index (χ0) is 19.4. The van der Waals surface area contributed by atoms with Gasteiger partial charge in [-0.1, -0.05) is 35.4 Å². The molecule has 6 heteroatoms. The van der Waals surface area contributed by atoms with Gasteiger partial charge in [-0.15, -0.1) is 11.8 Å². The van der Waals surface area contributed by atoms with E-state index in [0.717, 1.165) is 11.1 Å². The number of ether oxygens (including phenoxy) is 2. The quantitative estimate of drug-likeness (QED) is 0.793. The van der Waals surface area contributed by atoms with Gasteiger partial charge in [0, 0.05) is 6.42 Å². The number of aliphatic hydroxyl groups excluding tert-OH is 1. The van der Waals surface area contributed by atoms with Crippen LogP contribution in [0, 0.1) is 13.8 Å². The highest BCUT2D eigenvalue weighted by atomic mass is 32.2. The van der Waals surface area contributed by atoms with Crippen molar-refractivity contribution in [2.45, 2.75) is 37.1 Å². The second-order valence-corrected chi connectivity index (χ2v) is 8.06. The van der Waals surface area contributed by atoms with E-state index in [1.807, 2.05) is 38.1 Å². The summed E-state index contributed by atoms with van der Waals surface area (Å²) in [5, 5.41) is 9.63. The normalized spacial score (nSPS) is 21.7. The fourth-order valence-corrected chi connectivity index (χ4v) is 3.98. The van der Waals surface area contributed by atoms with Crippen molar-refractivity contribution in [3.8, 4) is 0 Å². The van der Waals surface area contributed by atoms with Gasteiger partial charge in [-0.3, -0.25) is 0 Å². The number of thioether (sulfide) groups is 1. The standard InChI is InChI=1S/C21H22O5S/c1-13-3-7-15(8-4-13)20(23)25-12-18-17(11-19(22)27-18)26-21(24)16-9-5-14(2)6-10-16/h3-10,17-19,22H,11-12H2,1-2H3. The van der Waals surface area contributed by atoms with Crippen LogP contribution < -0.4 is 0 Å². The minimum Gasteiger partial charge on any atom is -0.461 e. The summed E-state index contributed by atoms with van der Waals surface area (Å²) in [4.78, 5) is 24.5. The molecule has 5 nitrogen and oxygen atoms in total. The molecular formula is C21H22O5S. The van der Waals surface area contributed by atoms with Crippen LogP contribution in [0.15, 0.2) is 48.5 Å². The summed E-state index contributed by atoms with van der Waals surface area (Å²) in [5.74, 6) is -0.870. The second kappa shape index (κ2) is 8.59. The predicted molar refractivity (Wildman–Crippen MR) is 104 cm³/mol. The molecular weight excluding hydrogens is 364 g/mol. The molecule has 142 valence electrons. The molecule has 0 bridgehead atoms. The van der Waals surface area contributed by atoms with Gasteiger partial charge in [-0.05, 0) is 38.1 Å². The number of carbonyl (C=O) groups excluding carboxylic acids is 2. The maximum absolute atomic E-state index is 12.3. The Kier molecular flexibility index (Phi) is 6.19. The molecule has 2 aromatic rings. The summed E-state index contributed by atoms with van der Waals surface area (Å²) in [6.07, 6.45) is -0.195. The number of hydrogen-bond acceptors (Lipinski definition) is 6. The summed E-state index contributed by atoms with van der Waals surface area (Å²) in [7, 11) is 0. The fourth-order valence-electron chi connectivity index (χ4n) is 2.79. The molecule has 3 unspecified atom stereocenters. The average Bonchev–Trinajstić information content (AvgIpc) is 3.00. The first-order valence-electron chi connectivity index (χ1n) is 8.77. The molecule has 0 amide bonds. The van der Waals surface area contributed by atoms with E-state index in [-0.39, 0.29) is 11.9 Å². The molecule has 1 aliphatic heterocycles. The van der Waals surface area contributed by atoms with E-state index in [1.54, 1.807) is 24.3 Å². The number of rotatable bonds is 5. The van der Waals surface area contributed by atoms with Crippen molar-refractivity contribution in [1.29, 1.82) is 0 Å². The summed E-state index contributed by atoms with van der Waals surface area (Å²) in [6.45, 7) is 3.95. The molecule has 1 aliphatic rings. The van der Waals surface area contributed by atoms with Gasteiger partial charge < -0.3 is 14.6 Å². The van der Waals surface area contributed by atoms with Crippen molar-refractivity contribution >= 4 is 23.7 Å². The SMILES string of the molecule is Cc1ccc(C(=O)OCC2SC(O)CC2OC(=O)c2ccc(C)cc2)cc1. The number of hydrogen-bond donors (Lipinski definition) is 1. The smallest absolute Gasteiger partial charge is 0.338 e. The van der Waals surface area contributed by atoms with Gasteiger partial charge in [0.15, 0.2) is 0 Å². The maximum Gasteiger partial charge on any atom is 0.338 e. The first kappa shape index (κ1) is 19.5. The van der Waals surface area contributed by atoms with Crippen molar-refractivity contribution in [2.24, 2.45) is 0 Å². The molecule has 1 heterocycles. The number of benzene rings is 2. The Morgan fingerprint density at radius 1 is 0.963 bits per heavy atom. The molecule has 0 saturated carbocycles. The molecule has 2 aromatic carbocycles. The third-order valence-corrected chi connectivity index (χ3v) is 5.69. The van der Waals surface area contributed by atoms with Crippen LogP contribution in [0.1, 0.15) is 38.3 Å². The van der Waals surface area contributed by atoms with Gasteiger partial charge in [0.2, 0.25) is 0 Å². The molecule has 3 atom stereocenters. The van der Waals surface area contributed by atoms with E-state index < -0.39 is 23.5 Å². The van der Waals surface area contributed by atoms with Gasteiger partial charge in [0.05, 0.1) is 16.4 Å². The molecule has 0 aromatic heterocycles. The number of aryl methyl sites for hydroxylation is 2. The molecule has 0 spiro atoms. The molecule has 1 fully saturated rings. The van der Waals surface area contributed by atoms with Gasteiger partial charge in [-0.2, -0.15) is 0 Å². The van der Waals surface area contributed by atoms with E-state index in [9.17, 15) is 14.7 Å². The maximum atomic E-state index is 12.3. The third kappa shape index (κ3) is 5.11. The van der Waals surface area contributed by atoms with Crippen LogP contribution in [-0.4, -0.2) is 40.4 Å². The van der Waals surface area contributed by atoms with Crippen LogP contribution in [0.5, 0.6) is 0 Å². The first-order chi connectivity index (χ1) is 12.9. The van der Waals surface area contributed by atoms with Crippen molar-refractivity contribution in [2.75, 3.05) is 6.61 Å². The number of aliphatic hydroxyl groups is 1. The highest BCUT2D eigenvalue weighted by Crippen LogP contribution is 2.35. The Morgan fingerprint density at radius 2 is 1.48 bits per heavy atom. The van der Waals surface area contributed by atoms with Crippen molar-refractivity contribution in [3.05, 3.63) is 70.8 Å². The average molecular weight is 386 g/mol. The van der Waals surface area contributed by atoms with Crippen LogP contribution in [0.3, 0.4) is 0 Å². The van der Waals surface area contributed by atoms with Crippen molar-refractivity contribution < 1.29 is 24.2 Å². The largest absolute Gasteiger partial charge is 0.461 e. The van der Waals surface area contributed by atoms with E-state index in [2.05, 4.69) is 0 Å². The minimum absolute atomic E-state index is 0.0697. The van der Waals surface area contributed by atoms with E-state index in [1.165, 1.54) is 11.8 Å². The van der Waals surface area contributed by atoms with E-state index in [0.29, 0.717) is 17.5 Å². The molecule has 1 saturated heterocycles. The minimum atomic E-state index is -0.649. The molecule has 0 radical (unpaired) electrons. The van der Waals surface area contributed by atoms with Crippen LogP contribution in [0.2, 0.25) is 0 Å². The Hall–Kier alpha value is -2.31. The molecule has 0 aliphatic carbocycles. The second-order valence-electron chi connectivity index (χ2n) is 6.64. The van der Waals surface area contributed by atoms with Crippen molar-refractivity contribution in [3.63, 3.8) is 0 Å². The van der Waals surface area contributed by atoms with Crippen molar-refractivity contribution in [1.82, 2.24) is 0 Å². The fraction of sp³-hybridized carbons (Fsp3) is 0.333. The van der Waals surface area contributed by atoms with Gasteiger partial charge >= 0.3 is 11.9 Å². The van der Waals surface area contributed by atoms with Crippen LogP contribution in [0.25, 0.3) is 0 Å². The van der Waals surface area contributed by atoms with E-state index >= 15 is 0 Å². The highest BCUT2D eigenvalue weighted by molar-refractivity contribution is 8.00. The lowest BCUT2D eigenvalue weighted by atomic mass is 10.1. The Balaban J connectivity index is 1.58. The van der Waals surface area contributed by atoms with Gasteiger partial charge in [0.25, 0.3) is 0 Å². The molecule has 1 N–H and O–H groups in total. The van der Waals surface area contributed by atoms with Gasteiger partial charge in [0.1, 0.15) is 18.1 Å². The summed E-state index contributed by atoms with van der Waals surface area (Å²) in [6, 6.07) is 14.2. The van der Waals surface area contributed by atoms with Crippen LogP contribution in [-0.2, 0) is 9.47 Å². The third-order valence-electron chi connectivity index (χ3n) is 4.39. The predicted octanol–water partition coefficient (Wildman–Crippen LogP) is 3.51. The first-order valence-corrected chi connectivity index (χ1v) is 9.71. The zero-order valence-corrected chi connectivity index (χ0v) is 16.1. The Bertz CT molecular complexity index is 800. The topological polar surface area (TPSA) is 72.8 Å². The lowest BCUT2D eigenvalue weighted by Gasteiger charge is -2.19. The van der Waals surface area contributed by atoms with Gasteiger partial charge in [-0.25, -0.2) is 9.59 Å². The zero-order valence-electron chi connectivity index (χ0n) is 15.3. The Morgan fingerprint density at radius 3 is 2.04 bits per heavy atom. The summed E-state index contributed by atoms with van der Waals surface area (Å²) < 4.78 is 10.9. The lowest BCUT2D eigenvalue weighted by molar-refractivity contribution is 0.0178. The highest BCUT2D eigenvalue weighted by Gasteiger charge is 2.38. The monoisotopic (exact) mass is 386 g/mol. The molecule has 3 rings (SSSR count).